The van der Waals surface area contributed by atoms with Crippen LogP contribution in [0.5, 0.6) is 0 Å². The van der Waals surface area contributed by atoms with E-state index in [9.17, 15) is 19.5 Å². The van der Waals surface area contributed by atoms with E-state index in [1.54, 1.807) is 24.3 Å². The van der Waals surface area contributed by atoms with Gasteiger partial charge in [-0.3, -0.25) is 9.59 Å². The zero-order valence-electron chi connectivity index (χ0n) is 16.1. The summed E-state index contributed by atoms with van der Waals surface area (Å²) in [6, 6.07) is 17.3. The van der Waals surface area contributed by atoms with E-state index in [0.717, 1.165) is 5.56 Å². The predicted molar refractivity (Wildman–Crippen MR) is 107 cm³/mol. The topological polar surface area (TPSA) is 95.5 Å². The summed E-state index contributed by atoms with van der Waals surface area (Å²) >= 11 is 0. The molecule has 6 nitrogen and oxygen atoms in total. The minimum absolute atomic E-state index is 0.0603. The first kappa shape index (κ1) is 21.2. The molecule has 0 aliphatic heterocycles. The van der Waals surface area contributed by atoms with Gasteiger partial charge in [0.2, 0.25) is 5.91 Å². The van der Waals surface area contributed by atoms with Crippen molar-refractivity contribution in [2.45, 2.75) is 44.7 Å². The Kier molecular flexibility index (Phi) is 7.32. The van der Waals surface area contributed by atoms with Gasteiger partial charge in [0.05, 0.1) is 12.5 Å². The highest BCUT2D eigenvalue weighted by atomic mass is 16.4. The van der Waals surface area contributed by atoms with Crippen LogP contribution in [0.2, 0.25) is 0 Å². The molecule has 2 amide bonds. The fourth-order valence-electron chi connectivity index (χ4n) is 3.04. The third kappa shape index (κ3) is 5.67. The Morgan fingerprint density at radius 1 is 1.00 bits per heavy atom. The second-order valence-corrected chi connectivity index (χ2v) is 6.94. The maximum atomic E-state index is 12.6. The van der Waals surface area contributed by atoms with E-state index in [1.807, 2.05) is 43.3 Å². The van der Waals surface area contributed by atoms with Crippen LogP contribution in [0.15, 0.2) is 60.7 Å². The average molecular weight is 382 g/mol. The summed E-state index contributed by atoms with van der Waals surface area (Å²) in [6.07, 6.45) is 0.881. The Hall–Kier alpha value is -3.15. The number of aliphatic carboxylic acids is 1. The van der Waals surface area contributed by atoms with Crippen molar-refractivity contribution >= 4 is 17.8 Å². The van der Waals surface area contributed by atoms with E-state index in [-0.39, 0.29) is 12.3 Å². The molecule has 0 heterocycles. The maximum Gasteiger partial charge on any atom is 0.329 e. The molecule has 2 unspecified atom stereocenters. The number of carbonyl (C=O) groups is 3. The van der Waals surface area contributed by atoms with Crippen LogP contribution in [0.3, 0.4) is 0 Å². The quantitative estimate of drug-likeness (QED) is 0.620. The molecular formula is C22H26N2O4. The van der Waals surface area contributed by atoms with E-state index >= 15 is 0 Å². The number of carboxylic acids is 1. The molecule has 0 saturated carbocycles. The molecule has 3 N–H and O–H groups in total. The second kappa shape index (κ2) is 9.69. The lowest BCUT2D eigenvalue weighted by Crippen LogP contribution is -2.52. The fraction of sp³-hybridized carbons (Fsp3) is 0.318. The summed E-state index contributed by atoms with van der Waals surface area (Å²) < 4.78 is 0. The lowest BCUT2D eigenvalue weighted by molar-refractivity contribution is -0.147. The Labute approximate surface area is 165 Å². The molecule has 0 spiro atoms. The predicted octanol–water partition coefficient (Wildman–Crippen LogP) is 3.31. The van der Waals surface area contributed by atoms with E-state index in [4.69, 9.17) is 0 Å². The first-order valence-corrected chi connectivity index (χ1v) is 9.31. The van der Waals surface area contributed by atoms with Crippen molar-refractivity contribution in [2.24, 2.45) is 0 Å². The highest BCUT2D eigenvalue weighted by Gasteiger charge is 2.34. The molecule has 2 atom stereocenters. The molecule has 0 aliphatic carbocycles. The Morgan fingerprint density at radius 2 is 1.57 bits per heavy atom. The van der Waals surface area contributed by atoms with Crippen molar-refractivity contribution in [1.82, 2.24) is 10.6 Å². The van der Waals surface area contributed by atoms with E-state index in [0.29, 0.717) is 18.4 Å². The van der Waals surface area contributed by atoms with E-state index in [2.05, 4.69) is 10.6 Å². The van der Waals surface area contributed by atoms with Crippen LogP contribution in [-0.4, -0.2) is 28.4 Å². The second-order valence-electron chi connectivity index (χ2n) is 6.94. The van der Waals surface area contributed by atoms with Gasteiger partial charge in [-0.2, -0.15) is 0 Å². The van der Waals surface area contributed by atoms with Gasteiger partial charge in [0.1, 0.15) is 5.54 Å². The Bertz CT molecular complexity index is 808. The Balaban J connectivity index is 2.17. The first-order valence-electron chi connectivity index (χ1n) is 9.31. The molecule has 0 bridgehead atoms. The number of rotatable bonds is 9. The highest BCUT2D eigenvalue weighted by molar-refractivity contribution is 5.95. The third-order valence-corrected chi connectivity index (χ3v) is 4.57. The number of hydrogen-bond acceptors (Lipinski definition) is 3. The SMILES string of the molecule is CCCC(C)(NC(=O)CC(NC(=O)c1ccccc1)c1ccccc1)C(=O)O. The van der Waals surface area contributed by atoms with Crippen molar-refractivity contribution in [1.29, 1.82) is 0 Å². The summed E-state index contributed by atoms with van der Waals surface area (Å²) in [4.78, 5) is 36.8. The molecule has 6 heteroatoms. The van der Waals surface area contributed by atoms with Crippen LogP contribution in [0, 0.1) is 0 Å². The maximum absolute atomic E-state index is 12.6. The monoisotopic (exact) mass is 382 g/mol. The van der Waals surface area contributed by atoms with E-state index in [1.165, 1.54) is 6.92 Å². The summed E-state index contributed by atoms with van der Waals surface area (Å²) in [7, 11) is 0. The molecule has 0 fully saturated rings. The van der Waals surface area contributed by atoms with Crippen LogP contribution in [0.1, 0.15) is 55.1 Å². The largest absolute Gasteiger partial charge is 0.480 e. The lowest BCUT2D eigenvalue weighted by atomic mass is 9.95. The normalized spacial score (nSPS) is 13.8. The molecule has 2 aromatic rings. The number of benzene rings is 2. The molecule has 28 heavy (non-hydrogen) atoms. The smallest absolute Gasteiger partial charge is 0.329 e. The zero-order chi connectivity index (χ0) is 20.6. The molecule has 2 aromatic carbocycles. The van der Waals surface area contributed by atoms with Gasteiger partial charge in [0, 0.05) is 5.56 Å². The van der Waals surface area contributed by atoms with Crippen molar-refractivity contribution < 1.29 is 19.5 Å². The summed E-state index contributed by atoms with van der Waals surface area (Å²) in [5.74, 6) is -1.80. The number of carbonyl (C=O) groups excluding carboxylic acids is 2. The Morgan fingerprint density at radius 3 is 2.11 bits per heavy atom. The molecular weight excluding hydrogens is 356 g/mol. The highest BCUT2D eigenvalue weighted by Crippen LogP contribution is 2.19. The van der Waals surface area contributed by atoms with Crippen molar-refractivity contribution in [3.05, 3.63) is 71.8 Å². The summed E-state index contributed by atoms with van der Waals surface area (Å²) in [6.45, 7) is 3.36. The molecule has 148 valence electrons. The first-order chi connectivity index (χ1) is 13.4. The van der Waals surface area contributed by atoms with Gasteiger partial charge < -0.3 is 15.7 Å². The third-order valence-electron chi connectivity index (χ3n) is 4.57. The number of nitrogens with one attached hydrogen (secondary N) is 2. The van der Waals surface area contributed by atoms with Gasteiger partial charge in [-0.25, -0.2) is 4.79 Å². The molecule has 0 radical (unpaired) electrons. The van der Waals surface area contributed by atoms with Gasteiger partial charge in [0.25, 0.3) is 5.91 Å². The van der Waals surface area contributed by atoms with Crippen molar-refractivity contribution in [3.8, 4) is 0 Å². The average Bonchev–Trinajstić information content (AvgIpc) is 2.68. The number of carboxylic acid groups (broad SMARTS) is 1. The van der Waals surface area contributed by atoms with Gasteiger partial charge in [0.15, 0.2) is 0 Å². The number of amides is 2. The van der Waals surface area contributed by atoms with Gasteiger partial charge in [-0.1, -0.05) is 61.9 Å². The van der Waals surface area contributed by atoms with Crippen molar-refractivity contribution in [3.63, 3.8) is 0 Å². The van der Waals surface area contributed by atoms with Crippen LogP contribution in [0.25, 0.3) is 0 Å². The lowest BCUT2D eigenvalue weighted by Gasteiger charge is -2.27. The summed E-state index contributed by atoms with van der Waals surface area (Å²) in [5, 5.41) is 15.0. The van der Waals surface area contributed by atoms with Crippen LogP contribution in [0.4, 0.5) is 0 Å². The molecule has 2 rings (SSSR count). The van der Waals surface area contributed by atoms with Gasteiger partial charge in [-0.05, 0) is 31.0 Å². The standard InChI is InChI=1S/C22H26N2O4/c1-3-14-22(2,21(27)28)24-19(25)15-18(16-10-6-4-7-11-16)23-20(26)17-12-8-5-9-13-17/h4-13,18H,3,14-15H2,1-2H3,(H,23,26)(H,24,25)(H,27,28). The molecule has 0 aliphatic rings. The minimum Gasteiger partial charge on any atom is -0.480 e. The molecule has 0 aromatic heterocycles. The van der Waals surface area contributed by atoms with Gasteiger partial charge >= 0.3 is 5.97 Å². The minimum atomic E-state index is -1.34. The van der Waals surface area contributed by atoms with Crippen LogP contribution < -0.4 is 10.6 Å². The fourth-order valence-corrected chi connectivity index (χ4v) is 3.04. The van der Waals surface area contributed by atoms with Gasteiger partial charge in [-0.15, -0.1) is 0 Å². The molecule has 0 saturated heterocycles. The number of hydrogen-bond donors (Lipinski definition) is 3. The van der Waals surface area contributed by atoms with E-state index < -0.39 is 23.5 Å². The van der Waals surface area contributed by atoms with Crippen LogP contribution >= 0.6 is 0 Å². The zero-order valence-corrected chi connectivity index (χ0v) is 16.1. The summed E-state index contributed by atoms with van der Waals surface area (Å²) in [5.41, 5.74) is -0.0732. The van der Waals surface area contributed by atoms with Crippen LogP contribution in [-0.2, 0) is 9.59 Å². The van der Waals surface area contributed by atoms with Crippen molar-refractivity contribution in [2.75, 3.05) is 0 Å².